The number of nitrogens with zero attached hydrogens (tertiary/aromatic N) is 2. The number of benzene rings is 2. The first kappa shape index (κ1) is 24.4. The number of nitroso groups, excluding NO2 is 1. The molecule has 1 fully saturated rings. The highest BCUT2D eigenvalue weighted by atomic mass is 35.5. The molecule has 2 aromatic carbocycles. The summed E-state index contributed by atoms with van der Waals surface area (Å²) in [6, 6.07) is 9.59. The molecule has 0 aromatic heterocycles. The fraction of sp³-hybridized carbons (Fsp3) is 0.400. The number of halogens is 2. The van der Waals surface area contributed by atoms with E-state index in [9.17, 15) is 13.3 Å². The van der Waals surface area contributed by atoms with Crippen molar-refractivity contribution in [2.45, 2.75) is 21.1 Å². The van der Waals surface area contributed by atoms with Gasteiger partial charge in [0.2, 0.25) is 10.0 Å². The molecule has 1 heterocycles. The van der Waals surface area contributed by atoms with Crippen LogP contribution in [0.5, 0.6) is 0 Å². The van der Waals surface area contributed by atoms with E-state index in [2.05, 4.69) is 4.90 Å². The fourth-order valence-corrected chi connectivity index (χ4v) is 6.87. The smallest absolute Gasteiger partial charge is 0.254 e. The van der Waals surface area contributed by atoms with Crippen LogP contribution in [-0.2, 0) is 14.8 Å². The number of hydrogen-bond acceptors (Lipinski definition) is 6. The van der Waals surface area contributed by atoms with Gasteiger partial charge in [-0.2, -0.15) is 4.31 Å². The second-order valence-corrected chi connectivity index (χ2v) is 11.0. The van der Waals surface area contributed by atoms with E-state index in [1.165, 1.54) is 22.1 Å². The first-order valence-corrected chi connectivity index (χ1v) is 12.7. The van der Waals surface area contributed by atoms with Crippen LogP contribution in [0.4, 0.5) is 5.69 Å². The summed E-state index contributed by atoms with van der Waals surface area (Å²) in [5.74, 6) is 0. The molecule has 0 saturated carbocycles. The number of nitrogens with one attached hydrogen (secondary N) is 1. The Morgan fingerprint density at radius 3 is 2.35 bits per heavy atom. The Labute approximate surface area is 196 Å². The lowest BCUT2D eigenvalue weighted by molar-refractivity contribution is -0.379. The quantitative estimate of drug-likeness (QED) is 0.528. The van der Waals surface area contributed by atoms with E-state index in [1.807, 2.05) is 0 Å². The van der Waals surface area contributed by atoms with Crippen molar-refractivity contribution in [2.75, 3.05) is 46.4 Å². The Morgan fingerprint density at radius 2 is 1.74 bits per heavy atom. The van der Waals surface area contributed by atoms with Gasteiger partial charge in [0.25, 0.3) is 5.69 Å². The molecular weight excluding hydrogens is 481 g/mol. The molecule has 0 unspecified atom stereocenters. The van der Waals surface area contributed by atoms with Crippen molar-refractivity contribution in [2.24, 2.45) is 0 Å². The number of ether oxygens (including phenoxy) is 1. The highest BCUT2D eigenvalue weighted by molar-refractivity contribution is 8.00. The minimum absolute atomic E-state index is 0.0854. The predicted octanol–water partition coefficient (Wildman–Crippen LogP) is 2.97. The first-order chi connectivity index (χ1) is 14.8. The summed E-state index contributed by atoms with van der Waals surface area (Å²) in [4.78, 5) is 14.7. The van der Waals surface area contributed by atoms with Crippen LogP contribution in [-0.4, -0.2) is 64.1 Å². The van der Waals surface area contributed by atoms with Crippen molar-refractivity contribution in [1.29, 1.82) is 0 Å². The van der Waals surface area contributed by atoms with Gasteiger partial charge in [0, 0.05) is 88.5 Å². The topological polar surface area (TPSA) is 80.9 Å². The molecule has 2 aromatic rings. The molecule has 1 saturated heterocycles. The molecule has 0 amide bonds. The van der Waals surface area contributed by atoms with Crippen LogP contribution >= 0.6 is 35.0 Å². The monoisotopic (exact) mass is 504 g/mol. The van der Waals surface area contributed by atoms with E-state index in [4.69, 9.17) is 27.9 Å². The summed E-state index contributed by atoms with van der Waals surface area (Å²) >= 11 is 13.4. The fourth-order valence-electron chi connectivity index (χ4n) is 3.34. The van der Waals surface area contributed by atoms with E-state index < -0.39 is 10.0 Å². The van der Waals surface area contributed by atoms with Gasteiger partial charge < -0.3 is 9.64 Å². The van der Waals surface area contributed by atoms with Gasteiger partial charge in [-0.05, 0) is 30.7 Å². The Bertz CT molecular complexity index is 1010. The van der Waals surface area contributed by atoms with Crippen LogP contribution in [0.2, 0.25) is 10.0 Å². The van der Waals surface area contributed by atoms with Gasteiger partial charge in [-0.25, -0.2) is 8.42 Å². The standard InChI is InChI=1S/C20H23Cl2N3O4S2/c1-29-10-2-5-24-6-8-25(9-7-24)31(27,28)20-14-17(23-26)3-4-19(20)30-18-12-15(21)11-16(22)13-18/h3-4,11-14H,2,5-10H2,1H3/p+1. The van der Waals surface area contributed by atoms with E-state index in [0.29, 0.717) is 52.6 Å². The first-order valence-electron chi connectivity index (χ1n) is 9.71. The van der Waals surface area contributed by atoms with Crippen LogP contribution in [0.3, 0.4) is 0 Å². The normalized spacial score (nSPS) is 15.8. The number of methoxy groups -OCH3 is 1. The zero-order chi connectivity index (χ0) is 22.4. The third-order valence-corrected chi connectivity index (χ3v) is 8.45. The van der Waals surface area contributed by atoms with Crippen molar-refractivity contribution >= 4 is 50.7 Å². The van der Waals surface area contributed by atoms with Gasteiger partial charge in [0.1, 0.15) is 4.90 Å². The van der Waals surface area contributed by atoms with E-state index in [-0.39, 0.29) is 10.6 Å². The van der Waals surface area contributed by atoms with Crippen LogP contribution in [0.1, 0.15) is 6.42 Å². The molecule has 0 bridgehead atoms. The highest BCUT2D eigenvalue weighted by Crippen LogP contribution is 2.37. The van der Waals surface area contributed by atoms with E-state index in [1.54, 1.807) is 42.6 Å². The third kappa shape index (κ3) is 6.41. The molecule has 11 heteroatoms. The molecule has 1 aliphatic heterocycles. The molecular formula is C20H24Cl2N3O4S2+. The second-order valence-electron chi connectivity index (χ2n) is 7.06. The second kappa shape index (κ2) is 11.1. The molecule has 0 atom stereocenters. The SMILES string of the molecule is COCCCN1CCN(S(=O)(=O)c2cc([NH+]=O)ccc2Sc2cc(Cl)cc(Cl)c2)CC1. The minimum Gasteiger partial charge on any atom is -0.385 e. The zero-order valence-electron chi connectivity index (χ0n) is 17.0. The number of sulfonamides is 1. The molecule has 7 nitrogen and oxygen atoms in total. The number of rotatable bonds is 9. The predicted molar refractivity (Wildman–Crippen MR) is 123 cm³/mol. The van der Waals surface area contributed by atoms with Crippen molar-refractivity contribution in [3.8, 4) is 0 Å². The van der Waals surface area contributed by atoms with Crippen molar-refractivity contribution in [3.63, 3.8) is 0 Å². The molecule has 0 spiro atoms. The molecule has 0 radical (unpaired) electrons. The summed E-state index contributed by atoms with van der Waals surface area (Å²) in [6.45, 7) is 3.62. The average molecular weight is 505 g/mol. The van der Waals surface area contributed by atoms with Gasteiger partial charge in [-0.3, -0.25) is 0 Å². The van der Waals surface area contributed by atoms with Crippen LogP contribution in [0.25, 0.3) is 0 Å². The van der Waals surface area contributed by atoms with Crippen molar-refractivity contribution < 1.29 is 18.3 Å². The third-order valence-electron chi connectivity index (χ3n) is 4.90. The van der Waals surface area contributed by atoms with Gasteiger partial charge in [0.05, 0.1) is 0 Å². The van der Waals surface area contributed by atoms with Crippen molar-refractivity contribution in [1.82, 2.24) is 9.21 Å². The largest absolute Gasteiger partial charge is 0.385 e. The Morgan fingerprint density at radius 1 is 1.06 bits per heavy atom. The van der Waals surface area contributed by atoms with Crippen molar-refractivity contribution in [3.05, 3.63) is 51.4 Å². The maximum atomic E-state index is 13.5. The highest BCUT2D eigenvalue weighted by Gasteiger charge is 2.31. The maximum Gasteiger partial charge on any atom is 0.254 e. The number of hydrogen-bond donors (Lipinski definition) is 1. The lowest BCUT2D eigenvalue weighted by atomic mass is 10.3. The van der Waals surface area contributed by atoms with Crippen LogP contribution in [0, 0.1) is 4.91 Å². The molecule has 31 heavy (non-hydrogen) atoms. The minimum atomic E-state index is -3.80. The van der Waals surface area contributed by atoms with Gasteiger partial charge in [-0.15, -0.1) is 0 Å². The number of piperazine rings is 1. The summed E-state index contributed by atoms with van der Waals surface area (Å²) < 4.78 is 33.5. The maximum absolute atomic E-state index is 13.5. The van der Waals surface area contributed by atoms with Gasteiger partial charge in [0.15, 0.2) is 0 Å². The lowest BCUT2D eigenvalue weighted by Crippen LogP contribution is -2.55. The van der Waals surface area contributed by atoms with E-state index >= 15 is 0 Å². The Kier molecular flexibility index (Phi) is 8.74. The lowest BCUT2D eigenvalue weighted by Gasteiger charge is -2.34. The zero-order valence-corrected chi connectivity index (χ0v) is 20.2. The summed E-state index contributed by atoms with van der Waals surface area (Å²) in [7, 11) is -2.13. The van der Waals surface area contributed by atoms with Gasteiger partial charge in [-0.1, -0.05) is 35.0 Å². The van der Waals surface area contributed by atoms with Crippen LogP contribution < -0.4 is 5.18 Å². The average Bonchev–Trinajstić information content (AvgIpc) is 2.74. The Balaban J connectivity index is 1.83. The Hall–Kier alpha value is -1.20. The molecule has 1 N–H and O–H groups in total. The molecule has 0 aliphatic carbocycles. The van der Waals surface area contributed by atoms with E-state index in [0.717, 1.165) is 13.0 Å². The summed E-state index contributed by atoms with van der Waals surface area (Å²) in [5, 5.41) is 2.70. The molecule has 168 valence electrons. The summed E-state index contributed by atoms with van der Waals surface area (Å²) in [5.41, 5.74) is 0.185. The molecule has 3 rings (SSSR count). The molecule has 1 aliphatic rings. The van der Waals surface area contributed by atoms with Gasteiger partial charge >= 0.3 is 0 Å². The van der Waals surface area contributed by atoms with Crippen LogP contribution in [0.15, 0.2) is 51.1 Å². The summed E-state index contributed by atoms with van der Waals surface area (Å²) in [6.07, 6.45) is 0.906.